The van der Waals surface area contributed by atoms with Crippen LogP contribution in [0.25, 0.3) is 0 Å². The van der Waals surface area contributed by atoms with Crippen molar-refractivity contribution in [3.05, 3.63) is 60.4 Å². The van der Waals surface area contributed by atoms with Crippen LogP contribution in [0.15, 0.2) is 43.4 Å². The van der Waals surface area contributed by atoms with Gasteiger partial charge in [0, 0.05) is 27.9 Å². The van der Waals surface area contributed by atoms with Gasteiger partial charge in [0.1, 0.15) is 6.67 Å². The monoisotopic (exact) mass is 765 g/mol. The van der Waals surface area contributed by atoms with Crippen molar-refractivity contribution < 1.29 is 8.78 Å². The molecular weight excluding hydrogens is 765 g/mol. The molecule has 0 unspecified atom stereocenters. The van der Waals surface area contributed by atoms with E-state index in [0.29, 0.717) is 14.5 Å². The Kier molecular flexibility index (Phi) is 9.98. The Morgan fingerprint density at radius 3 is 1.83 bits per heavy atom. The third kappa shape index (κ3) is 5.82. The summed E-state index contributed by atoms with van der Waals surface area (Å²) in [4.78, 5) is 0. The average Bonchev–Trinajstić information content (AvgIpc) is 2.50. The Morgan fingerprint density at radius 2 is 1.30 bits per heavy atom. The van der Waals surface area contributed by atoms with Gasteiger partial charge in [0.15, 0.2) is 5.82 Å². The fourth-order valence-electron chi connectivity index (χ4n) is 1.42. The van der Waals surface area contributed by atoms with Crippen LogP contribution in [-0.2, 0) is 6.67 Å². The van der Waals surface area contributed by atoms with Crippen LogP contribution in [-0.4, -0.2) is 0 Å². The predicted octanol–water partition coefficient (Wildman–Crippen LogP) is 9.63. The van der Waals surface area contributed by atoms with Crippen LogP contribution in [0.3, 0.4) is 0 Å². The molecule has 9 heteroatoms. The van der Waals surface area contributed by atoms with E-state index in [0.717, 1.165) is 27.9 Å². The van der Waals surface area contributed by atoms with E-state index >= 15 is 0 Å². The summed E-state index contributed by atoms with van der Waals surface area (Å²) in [5.41, 5.74) is 1.61. The van der Waals surface area contributed by atoms with E-state index in [1.165, 1.54) is 0 Å². The molecule has 2 aromatic rings. The van der Waals surface area contributed by atoms with Crippen LogP contribution in [0.2, 0.25) is 0 Å². The maximum Gasteiger partial charge on any atom is 0.152 e. The first-order valence-electron chi connectivity index (χ1n) is 5.79. The summed E-state index contributed by atoms with van der Waals surface area (Å²) in [5, 5.41) is 0. The van der Waals surface area contributed by atoms with Crippen LogP contribution in [0.1, 0.15) is 11.1 Å². The molecule has 126 valence electrons. The zero-order chi connectivity index (χ0) is 17.9. The molecule has 2 rings (SSSR count). The largest absolute Gasteiger partial charge is 0.246 e. The molecule has 0 fully saturated rings. The molecular formula is C14H7Br7F2. The van der Waals surface area contributed by atoms with E-state index in [9.17, 15) is 8.78 Å². The SMILES string of the molecule is Cc1cc(Br)c(F)c(Br)c1Br.FCc1c(Br)cc(Br)c(Br)c1Br. The highest BCUT2D eigenvalue weighted by Gasteiger charge is 2.11. The number of hydrogen-bond donors (Lipinski definition) is 0. The average molecular weight is 773 g/mol. The molecule has 0 saturated carbocycles. The molecule has 0 spiro atoms. The van der Waals surface area contributed by atoms with Crippen molar-refractivity contribution in [2.75, 3.05) is 0 Å². The minimum atomic E-state index is -0.493. The summed E-state index contributed by atoms with van der Waals surface area (Å²) >= 11 is 22.7. The van der Waals surface area contributed by atoms with E-state index in [-0.39, 0.29) is 5.82 Å². The lowest BCUT2D eigenvalue weighted by molar-refractivity contribution is 0.482. The molecule has 0 amide bonds. The van der Waals surface area contributed by atoms with Crippen LogP contribution < -0.4 is 0 Å². The number of aryl methyl sites for hydroxylation is 1. The van der Waals surface area contributed by atoms with Crippen molar-refractivity contribution in [1.82, 2.24) is 0 Å². The molecule has 0 aromatic heterocycles. The Hall–Kier alpha value is 1.66. The topological polar surface area (TPSA) is 0 Å². The normalized spacial score (nSPS) is 10.3. The van der Waals surface area contributed by atoms with Gasteiger partial charge >= 0.3 is 0 Å². The Bertz CT molecular complexity index is 706. The molecule has 0 N–H and O–H groups in total. The van der Waals surface area contributed by atoms with Gasteiger partial charge in [-0.15, -0.1) is 0 Å². The number of alkyl halides is 1. The van der Waals surface area contributed by atoms with Crippen molar-refractivity contribution >= 4 is 112 Å². The second-order valence-corrected chi connectivity index (χ2v) is 9.93. The van der Waals surface area contributed by atoms with Crippen molar-refractivity contribution in [2.45, 2.75) is 13.6 Å². The fourth-order valence-corrected chi connectivity index (χ4v) is 5.73. The summed E-state index contributed by atoms with van der Waals surface area (Å²) < 4.78 is 30.4. The van der Waals surface area contributed by atoms with E-state index in [1.54, 1.807) is 6.07 Å². The number of hydrogen-bond acceptors (Lipinski definition) is 0. The summed E-state index contributed by atoms with van der Waals surface area (Å²) in [7, 11) is 0. The van der Waals surface area contributed by atoms with Gasteiger partial charge in [0.25, 0.3) is 0 Å². The van der Waals surface area contributed by atoms with Gasteiger partial charge in [0.2, 0.25) is 0 Å². The lowest BCUT2D eigenvalue weighted by Crippen LogP contribution is -1.86. The number of halogens is 9. The Labute approximate surface area is 192 Å². The lowest BCUT2D eigenvalue weighted by Gasteiger charge is -2.06. The second kappa shape index (κ2) is 10.1. The highest BCUT2D eigenvalue weighted by molar-refractivity contribution is 9.14. The van der Waals surface area contributed by atoms with Gasteiger partial charge in [-0.25, -0.2) is 8.78 Å². The van der Waals surface area contributed by atoms with Crippen molar-refractivity contribution in [3.8, 4) is 0 Å². The minimum Gasteiger partial charge on any atom is -0.246 e. The molecule has 0 nitrogen and oxygen atoms in total. The van der Waals surface area contributed by atoms with Crippen LogP contribution >= 0.6 is 112 Å². The molecule has 0 saturated heterocycles. The molecule has 0 aliphatic carbocycles. The van der Waals surface area contributed by atoms with Gasteiger partial charge in [-0.05, 0) is 120 Å². The predicted molar refractivity (Wildman–Crippen MR) is 116 cm³/mol. The third-order valence-corrected chi connectivity index (χ3v) is 9.60. The highest BCUT2D eigenvalue weighted by Crippen LogP contribution is 2.38. The van der Waals surface area contributed by atoms with Crippen molar-refractivity contribution in [2.24, 2.45) is 0 Å². The first kappa shape index (κ1) is 22.7. The van der Waals surface area contributed by atoms with Crippen LogP contribution in [0.5, 0.6) is 0 Å². The summed E-state index contributed by atoms with van der Waals surface area (Å²) in [5.74, 6) is -0.275. The maximum atomic E-state index is 13.0. The maximum absolute atomic E-state index is 13.0. The number of benzene rings is 2. The summed E-state index contributed by atoms with van der Waals surface area (Å²) in [6, 6.07) is 3.54. The van der Waals surface area contributed by atoms with Gasteiger partial charge in [-0.3, -0.25) is 0 Å². The Balaban J connectivity index is 0.000000231. The van der Waals surface area contributed by atoms with Crippen LogP contribution in [0.4, 0.5) is 8.78 Å². The highest BCUT2D eigenvalue weighted by atomic mass is 79.9. The third-order valence-electron chi connectivity index (χ3n) is 2.63. The quantitative estimate of drug-likeness (QED) is 0.200. The number of rotatable bonds is 1. The first-order valence-corrected chi connectivity index (χ1v) is 11.3. The standard InChI is InChI=1S/C7H3Br4F.C7H4Br3F/c8-4-1-5(9)7(11)6(10)3(4)2-12;1-3-2-4(8)7(11)6(10)5(3)9/h1H,2H2;2H,1H3. The van der Waals surface area contributed by atoms with Gasteiger partial charge in [0.05, 0.1) is 8.95 Å². The summed E-state index contributed by atoms with van der Waals surface area (Å²) in [6.45, 7) is 1.41. The van der Waals surface area contributed by atoms with E-state index < -0.39 is 6.67 Å². The zero-order valence-corrected chi connectivity index (χ0v) is 22.4. The first-order chi connectivity index (χ1) is 10.6. The molecule has 0 bridgehead atoms. The van der Waals surface area contributed by atoms with Crippen molar-refractivity contribution in [3.63, 3.8) is 0 Å². The van der Waals surface area contributed by atoms with E-state index in [1.807, 2.05) is 13.0 Å². The van der Waals surface area contributed by atoms with E-state index in [2.05, 4.69) is 112 Å². The van der Waals surface area contributed by atoms with Crippen LogP contribution in [0, 0.1) is 12.7 Å². The lowest BCUT2D eigenvalue weighted by atomic mass is 10.2. The smallest absolute Gasteiger partial charge is 0.152 e. The molecule has 0 aliphatic rings. The fraction of sp³-hybridized carbons (Fsp3) is 0.143. The van der Waals surface area contributed by atoms with Crippen molar-refractivity contribution in [1.29, 1.82) is 0 Å². The van der Waals surface area contributed by atoms with E-state index in [4.69, 9.17) is 0 Å². The van der Waals surface area contributed by atoms with Gasteiger partial charge in [-0.2, -0.15) is 0 Å². The van der Waals surface area contributed by atoms with Gasteiger partial charge in [-0.1, -0.05) is 15.9 Å². The summed E-state index contributed by atoms with van der Waals surface area (Å²) in [6.07, 6.45) is 0. The molecule has 0 aliphatic heterocycles. The molecule has 0 heterocycles. The minimum absolute atomic E-state index is 0.275. The molecule has 0 radical (unpaired) electrons. The zero-order valence-electron chi connectivity index (χ0n) is 11.3. The molecule has 0 atom stereocenters. The van der Waals surface area contributed by atoms with Gasteiger partial charge < -0.3 is 0 Å². The molecule has 23 heavy (non-hydrogen) atoms. The molecule has 2 aromatic carbocycles. The second-order valence-electron chi connectivity index (χ2n) is 4.20. The Morgan fingerprint density at radius 1 is 0.739 bits per heavy atom.